The molecule has 1 fully saturated rings. The Labute approximate surface area is 135 Å². The van der Waals surface area contributed by atoms with Crippen LogP contribution in [0.25, 0.3) is 0 Å². The van der Waals surface area contributed by atoms with Crippen molar-refractivity contribution in [2.75, 3.05) is 26.4 Å². The average Bonchev–Trinajstić information content (AvgIpc) is 3.00. The Kier molecular flexibility index (Phi) is 7.50. The summed E-state index contributed by atoms with van der Waals surface area (Å²) in [6.07, 6.45) is 4.62. The Balaban J connectivity index is 1.47. The molecule has 2 N–H and O–H groups in total. The van der Waals surface area contributed by atoms with Crippen molar-refractivity contribution in [2.45, 2.75) is 37.8 Å². The molecule has 1 saturated carbocycles. The molecule has 0 spiro atoms. The Hall–Kier alpha value is -0.620. The van der Waals surface area contributed by atoms with Gasteiger partial charge in [0.25, 0.3) is 0 Å². The van der Waals surface area contributed by atoms with E-state index in [9.17, 15) is 5.11 Å². The van der Waals surface area contributed by atoms with Crippen LogP contribution in [0.4, 0.5) is 0 Å². The molecule has 1 aliphatic rings. The molecule has 1 aliphatic carbocycles. The lowest BCUT2D eigenvalue weighted by Crippen LogP contribution is -2.36. The number of aliphatic hydroxyl groups is 1. The number of hydrogen-bond acceptors (Lipinski definition) is 4. The molecule has 118 valence electrons. The molecule has 0 amide bonds. The Bertz CT molecular complexity index is 393. The fourth-order valence-corrected chi connectivity index (χ4v) is 2.72. The third-order valence-electron chi connectivity index (χ3n) is 3.62. The lowest BCUT2D eigenvalue weighted by molar-refractivity contribution is 0.0241. The van der Waals surface area contributed by atoms with Gasteiger partial charge in [0.1, 0.15) is 12.4 Å². The summed E-state index contributed by atoms with van der Waals surface area (Å²) in [4.78, 5) is 0. The predicted octanol–water partition coefficient (Wildman–Crippen LogP) is 2.74. The molecule has 0 bridgehead atoms. The fraction of sp³-hybridized carbons (Fsp3) is 0.625. The summed E-state index contributed by atoms with van der Waals surface area (Å²) < 4.78 is 12.0. The Morgan fingerprint density at radius 2 is 1.90 bits per heavy atom. The van der Waals surface area contributed by atoms with E-state index in [0.717, 1.165) is 10.2 Å². The summed E-state index contributed by atoms with van der Waals surface area (Å²) in [5, 5.41) is 13.2. The van der Waals surface area contributed by atoms with Crippen molar-refractivity contribution in [3.63, 3.8) is 0 Å². The molecule has 0 radical (unpaired) electrons. The highest BCUT2D eigenvalue weighted by molar-refractivity contribution is 9.10. The molecule has 1 atom stereocenters. The summed E-state index contributed by atoms with van der Waals surface area (Å²) in [7, 11) is 0. The monoisotopic (exact) mass is 357 g/mol. The van der Waals surface area contributed by atoms with E-state index in [1.807, 2.05) is 24.3 Å². The lowest BCUT2D eigenvalue weighted by Gasteiger charge is -2.16. The predicted molar refractivity (Wildman–Crippen MR) is 86.7 cm³/mol. The number of halogens is 1. The first-order valence-corrected chi connectivity index (χ1v) is 8.41. The number of nitrogens with one attached hydrogen (secondary N) is 1. The zero-order valence-electron chi connectivity index (χ0n) is 12.3. The van der Waals surface area contributed by atoms with E-state index in [-0.39, 0.29) is 0 Å². The molecule has 1 aromatic carbocycles. The quantitative estimate of drug-likeness (QED) is 0.667. The van der Waals surface area contributed by atoms with Gasteiger partial charge in [-0.3, -0.25) is 0 Å². The molecule has 21 heavy (non-hydrogen) atoms. The molecular weight excluding hydrogens is 334 g/mol. The van der Waals surface area contributed by atoms with Gasteiger partial charge in [-0.2, -0.15) is 0 Å². The van der Waals surface area contributed by atoms with Gasteiger partial charge in [-0.05, 0) is 37.1 Å². The molecule has 2 rings (SSSR count). The molecule has 4 nitrogen and oxygen atoms in total. The highest BCUT2D eigenvalue weighted by Crippen LogP contribution is 2.17. The number of rotatable bonds is 9. The van der Waals surface area contributed by atoms with Crippen LogP contribution in [0.3, 0.4) is 0 Å². The van der Waals surface area contributed by atoms with Crippen LogP contribution in [0.1, 0.15) is 25.7 Å². The maximum Gasteiger partial charge on any atom is 0.119 e. The van der Waals surface area contributed by atoms with Crippen LogP contribution < -0.4 is 10.1 Å². The van der Waals surface area contributed by atoms with Gasteiger partial charge >= 0.3 is 0 Å². The van der Waals surface area contributed by atoms with Crippen molar-refractivity contribution in [3.05, 3.63) is 28.7 Å². The van der Waals surface area contributed by atoms with E-state index in [0.29, 0.717) is 32.4 Å². The maximum absolute atomic E-state index is 9.82. The molecule has 0 aliphatic heterocycles. The lowest BCUT2D eigenvalue weighted by atomic mass is 10.2. The minimum absolute atomic E-state index is 0.351. The van der Waals surface area contributed by atoms with Gasteiger partial charge in [-0.15, -0.1) is 0 Å². The highest BCUT2D eigenvalue weighted by atomic mass is 79.9. The zero-order chi connectivity index (χ0) is 14.9. The van der Waals surface area contributed by atoms with Crippen LogP contribution in [-0.4, -0.2) is 43.6 Å². The van der Waals surface area contributed by atoms with E-state index >= 15 is 0 Å². The van der Waals surface area contributed by atoms with E-state index in [2.05, 4.69) is 21.2 Å². The number of hydrogen-bond donors (Lipinski definition) is 2. The van der Waals surface area contributed by atoms with Crippen molar-refractivity contribution >= 4 is 15.9 Å². The summed E-state index contributed by atoms with van der Waals surface area (Å²) in [6.45, 7) is 1.93. The largest absolute Gasteiger partial charge is 0.491 e. The van der Waals surface area contributed by atoms with Crippen LogP contribution in [0, 0.1) is 0 Å². The molecule has 5 heteroatoms. The van der Waals surface area contributed by atoms with E-state index in [1.165, 1.54) is 25.7 Å². The van der Waals surface area contributed by atoms with Gasteiger partial charge in [0.05, 0.1) is 19.3 Å². The summed E-state index contributed by atoms with van der Waals surface area (Å²) >= 11 is 3.38. The second-order valence-corrected chi connectivity index (χ2v) is 6.34. The molecule has 1 aromatic rings. The number of benzene rings is 1. The van der Waals surface area contributed by atoms with Crippen LogP contribution in [-0.2, 0) is 4.74 Å². The maximum atomic E-state index is 9.82. The molecule has 0 heterocycles. The number of aliphatic hydroxyl groups excluding tert-OH is 1. The normalized spacial score (nSPS) is 17.0. The van der Waals surface area contributed by atoms with Crippen molar-refractivity contribution in [2.24, 2.45) is 0 Å². The van der Waals surface area contributed by atoms with E-state index < -0.39 is 6.10 Å². The average molecular weight is 358 g/mol. The summed E-state index contributed by atoms with van der Waals surface area (Å²) in [5.41, 5.74) is 0. The third kappa shape index (κ3) is 6.78. The van der Waals surface area contributed by atoms with Crippen LogP contribution in [0.2, 0.25) is 0 Å². The van der Waals surface area contributed by atoms with Crippen LogP contribution in [0.5, 0.6) is 5.75 Å². The van der Waals surface area contributed by atoms with Gasteiger partial charge in [0.15, 0.2) is 0 Å². The van der Waals surface area contributed by atoms with E-state index in [4.69, 9.17) is 9.47 Å². The van der Waals surface area contributed by atoms with Crippen molar-refractivity contribution in [1.29, 1.82) is 0 Å². The van der Waals surface area contributed by atoms with Gasteiger partial charge in [-0.1, -0.05) is 28.8 Å². The zero-order valence-corrected chi connectivity index (χ0v) is 13.8. The second kappa shape index (κ2) is 9.41. The van der Waals surface area contributed by atoms with Crippen LogP contribution in [0.15, 0.2) is 28.7 Å². The number of ether oxygens (including phenoxy) is 2. The van der Waals surface area contributed by atoms with Gasteiger partial charge in [0, 0.05) is 17.1 Å². The summed E-state index contributed by atoms with van der Waals surface area (Å²) in [5.74, 6) is 0.824. The Morgan fingerprint density at radius 3 is 2.62 bits per heavy atom. The molecular formula is C16H24BrNO3. The first-order chi connectivity index (χ1) is 10.2. The first kappa shape index (κ1) is 16.7. The smallest absolute Gasteiger partial charge is 0.119 e. The minimum atomic E-state index is -0.446. The Morgan fingerprint density at radius 1 is 1.19 bits per heavy atom. The van der Waals surface area contributed by atoms with Gasteiger partial charge < -0.3 is 19.9 Å². The topological polar surface area (TPSA) is 50.7 Å². The molecule has 0 aromatic heterocycles. The molecule has 0 unspecified atom stereocenters. The van der Waals surface area contributed by atoms with Crippen LogP contribution >= 0.6 is 15.9 Å². The van der Waals surface area contributed by atoms with Gasteiger partial charge in [0.2, 0.25) is 0 Å². The first-order valence-electron chi connectivity index (χ1n) is 7.61. The SMILES string of the molecule is O[C@H](CNC1CCCC1)COCCOc1ccc(Br)cc1. The van der Waals surface area contributed by atoms with Crippen molar-refractivity contribution in [1.82, 2.24) is 5.32 Å². The van der Waals surface area contributed by atoms with Crippen molar-refractivity contribution < 1.29 is 14.6 Å². The summed E-state index contributed by atoms with van der Waals surface area (Å²) in [6, 6.07) is 8.28. The minimum Gasteiger partial charge on any atom is -0.491 e. The highest BCUT2D eigenvalue weighted by Gasteiger charge is 2.15. The second-order valence-electron chi connectivity index (χ2n) is 5.42. The third-order valence-corrected chi connectivity index (χ3v) is 4.15. The fourth-order valence-electron chi connectivity index (χ4n) is 2.46. The van der Waals surface area contributed by atoms with Crippen molar-refractivity contribution in [3.8, 4) is 5.75 Å². The van der Waals surface area contributed by atoms with E-state index in [1.54, 1.807) is 0 Å². The molecule has 0 saturated heterocycles. The standard InChI is InChI=1S/C16H24BrNO3/c17-13-5-7-16(8-6-13)21-10-9-20-12-15(19)11-18-14-3-1-2-4-14/h5-8,14-15,18-19H,1-4,9-12H2/t15-/m1/s1. The van der Waals surface area contributed by atoms with Gasteiger partial charge in [-0.25, -0.2) is 0 Å².